The first-order valence-corrected chi connectivity index (χ1v) is 10.8. The van der Waals surface area contributed by atoms with Crippen LogP contribution in [0.15, 0.2) is 60.0 Å². The molecular formula is C23H20FN5O2S. The standard InChI is InChI=1S/C23H20FN5O2S/c1-15(30)29(20-9-5-2-6-17(20)24)23-26-16(14-32-23)10-11-22(31)25-13-12-21-27-18-7-3-4-8-19(18)28-21/h2-11,14H,12-13H2,1H3,(H,25,31)(H,27,28)/b11-10+. The minimum Gasteiger partial charge on any atom is -0.352 e. The van der Waals surface area contributed by atoms with Crippen molar-refractivity contribution in [1.29, 1.82) is 0 Å². The highest BCUT2D eigenvalue weighted by atomic mass is 32.1. The van der Waals surface area contributed by atoms with E-state index in [2.05, 4.69) is 20.3 Å². The average molecular weight is 450 g/mol. The van der Waals surface area contributed by atoms with Crippen LogP contribution in [0.5, 0.6) is 0 Å². The predicted octanol–water partition coefficient (Wildman–Crippen LogP) is 4.22. The summed E-state index contributed by atoms with van der Waals surface area (Å²) in [5.74, 6) is -0.340. The maximum absolute atomic E-state index is 14.2. The van der Waals surface area contributed by atoms with Crippen LogP contribution in [0.4, 0.5) is 15.2 Å². The number of anilines is 2. The summed E-state index contributed by atoms with van der Waals surface area (Å²) in [5, 5.41) is 4.83. The third kappa shape index (κ3) is 4.89. The normalized spacial score (nSPS) is 11.2. The van der Waals surface area contributed by atoms with Gasteiger partial charge in [0.15, 0.2) is 5.13 Å². The first-order valence-electron chi connectivity index (χ1n) is 9.91. The number of imidazole rings is 1. The number of nitrogens with one attached hydrogen (secondary N) is 2. The highest BCUT2D eigenvalue weighted by Gasteiger charge is 2.20. The predicted molar refractivity (Wildman–Crippen MR) is 123 cm³/mol. The van der Waals surface area contributed by atoms with Crippen molar-refractivity contribution in [2.45, 2.75) is 13.3 Å². The zero-order valence-electron chi connectivity index (χ0n) is 17.2. The van der Waals surface area contributed by atoms with Gasteiger partial charge in [0.2, 0.25) is 11.8 Å². The van der Waals surface area contributed by atoms with Crippen LogP contribution in [-0.4, -0.2) is 33.3 Å². The Morgan fingerprint density at radius 1 is 1.16 bits per heavy atom. The fourth-order valence-electron chi connectivity index (χ4n) is 3.14. The van der Waals surface area contributed by atoms with Crippen molar-refractivity contribution in [1.82, 2.24) is 20.3 Å². The molecule has 0 saturated carbocycles. The molecule has 0 unspecified atom stereocenters. The van der Waals surface area contributed by atoms with Crippen molar-refractivity contribution in [2.75, 3.05) is 11.4 Å². The summed E-state index contributed by atoms with van der Waals surface area (Å²) < 4.78 is 14.2. The Hall–Kier alpha value is -3.85. The number of para-hydroxylation sites is 3. The van der Waals surface area contributed by atoms with Crippen molar-refractivity contribution in [2.24, 2.45) is 0 Å². The Morgan fingerprint density at radius 2 is 1.94 bits per heavy atom. The average Bonchev–Trinajstić information content (AvgIpc) is 3.40. The Morgan fingerprint density at radius 3 is 2.72 bits per heavy atom. The number of halogens is 1. The van der Waals surface area contributed by atoms with Gasteiger partial charge in [-0.2, -0.15) is 0 Å². The quantitative estimate of drug-likeness (QED) is 0.414. The molecule has 0 atom stereocenters. The molecule has 162 valence electrons. The lowest BCUT2D eigenvalue weighted by molar-refractivity contribution is -0.117. The topological polar surface area (TPSA) is 91.0 Å². The van der Waals surface area contributed by atoms with E-state index in [0.717, 1.165) is 16.9 Å². The number of amides is 2. The molecule has 0 aliphatic carbocycles. The minimum absolute atomic E-state index is 0.133. The van der Waals surface area contributed by atoms with Crippen molar-refractivity contribution in [3.05, 3.63) is 77.3 Å². The van der Waals surface area contributed by atoms with Gasteiger partial charge < -0.3 is 10.3 Å². The maximum Gasteiger partial charge on any atom is 0.244 e. The molecule has 0 radical (unpaired) electrons. The number of hydrogen-bond donors (Lipinski definition) is 2. The largest absolute Gasteiger partial charge is 0.352 e. The molecule has 2 aromatic carbocycles. The zero-order chi connectivity index (χ0) is 22.5. The van der Waals surface area contributed by atoms with Crippen LogP contribution in [0.2, 0.25) is 0 Å². The van der Waals surface area contributed by atoms with Gasteiger partial charge >= 0.3 is 0 Å². The van der Waals surface area contributed by atoms with Gasteiger partial charge in [0.1, 0.15) is 11.6 Å². The summed E-state index contributed by atoms with van der Waals surface area (Å²) in [7, 11) is 0. The number of hydrogen-bond acceptors (Lipinski definition) is 5. The fraction of sp³-hybridized carbons (Fsp3) is 0.130. The first kappa shape index (κ1) is 21.4. The highest BCUT2D eigenvalue weighted by molar-refractivity contribution is 7.14. The fourth-order valence-corrected chi connectivity index (χ4v) is 3.99. The number of aromatic amines is 1. The van der Waals surface area contributed by atoms with Gasteiger partial charge in [0.05, 0.1) is 22.4 Å². The zero-order valence-corrected chi connectivity index (χ0v) is 18.0. The van der Waals surface area contributed by atoms with Crippen molar-refractivity contribution < 1.29 is 14.0 Å². The molecule has 2 aromatic heterocycles. The van der Waals surface area contributed by atoms with E-state index in [0.29, 0.717) is 23.8 Å². The summed E-state index contributed by atoms with van der Waals surface area (Å²) >= 11 is 1.19. The van der Waals surface area contributed by atoms with Crippen LogP contribution in [0.1, 0.15) is 18.4 Å². The van der Waals surface area contributed by atoms with Gasteiger partial charge in [0.25, 0.3) is 0 Å². The second kappa shape index (κ2) is 9.52. The summed E-state index contributed by atoms with van der Waals surface area (Å²) in [6.07, 6.45) is 3.50. The third-order valence-electron chi connectivity index (χ3n) is 4.61. The molecule has 2 amide bonds. The van der Waals surface area contributed by atoms with Gasteiger partial charge in [-0.25, -0.2) is 14.4 Å². The second-order valence-corrected chi connectivity index (χ2v) is 7.77. The van der Waals surface area contributed by atoms with Crippen molar-refractivity contribution in [3.63, 3.8) is 0 Å². The van der Waals surface area contributed by atoms with Gasteiger partial charge in [-0.05, 0) is 30.3 Å². The van der Waals surface area contributed by atoms with Crippen LogP contribution >= 0.6 is 11.3 Å². The van der Waals surface area contributed by atoms with Crippen LogP contribution in [0, 0.1) is 5.82 Å². The summed E-state index contributed by atoms with van der Waals surface area (Å²) in [6.45, 7) is 1.77. The van der Waals surface area contributed by atoms with Gasteiger partial charge in [-0.15, -0.1) is 11.3 Å². The number of benzene rings is 2. The Kier molecular flexibility index (Phi) is 6.37. The van der Waals surface area contributed by atoms with E-state index < -0.39 is 5.82 Å². The van der Waals surface area contributed by atoms with Crippen LogP contribution < -0.4 is 10.2 Å². The molecule has 0 aliphatic heterocycles. The number of nitrogens with zero attached hydrogens (tertiary/aromatic N) is 3. The van der Waals surface area contributed by atoms with Gasteiger partial charge in [-0.1, -0.05) is 24.3 Å². The smallest absolute Gasteiger partial charge is 0.244 e. The molecule has 2 N–H and O–H groups in total. The van der Waals surface area contributed by atoms with Crippen LogP contribution in [0.3, 0.4) is 0 Å². The van der Waals surface area contributed by atoms with E-state index >= 15 is 0 Å². The molecule has 2 heterocycles. The minimum atomic E-state index is -0.515. The maximum atomic E-state index is 14.2. The highest BCUT2D eigenvalue weighted by Crippen LogP contribution is 2.30. The number of rotatable bonds is 7. The van der Waals surface area contributed by atoms with E-state index in [4.69, 9.17) is 0 Å². The van der Waals surface area contributed by atoms with E-state index in [1.807, 2.05) is 24.3 Å². The number of thiazole rings is 1. The Balaban J connectivity index is 1.35. The SMILES string of the molecule is CC(=O)N(c1nc(/C=C/C(=O)NCCc2nc3ccccc3[nH]2)cs1)c1ccccc1F. The third-order valence-corrected chi connectivity index (χ3v) is 5.46. The lowest BCUT2D eigenvalue weighted by Crippen LogP contribution is -2.24. The van der Waals surface area contributed by atoms with Crippen molar-refractivity contribution in [3.8, 4) is 0 Å². The lowest BCUT2D eigenvalue weighted by atomic mass is 10.3. The molecule has 4 aromatic rings. The van der Waals surface area contributed by atoms with Crippen LogP contribution in [-0.2, 0) is 16.0 Å². The number of aromatic nitrogens is 3. The van der Waals surface area contributed by atoms with Crippen molar-refractivity contribution >= 4 is 51.1 Å². The Bertz CT molecular complexity index is 1260. The number of fused-ring (bicyclic) bond motifs is 1. The molecule has 32 heavy (non-hydrogen) atoms. The van der Waals surface area contributed by atoms with E-state index in [9.17, 15) is 14.0 Å². The number of carbonyl (C=O) groups is 2. The number of carbonyl (C=O) groups excluding carboxylic acids is 2. The first-order chi connectivity index (χ1) is 15.5. The van der Waals surface area contributed by atoms with E-state index in [-0.39, 0.29) is 17.5 Å². The number of H-pyrrole nitrogens is 1. The molecule has 7 nitrogen and oxygen atoms in total. The monoisotopic (exact) mass is 449 g/mol. The summed E-state index contributed by atoms with van der Waals surface area (Å²) in [4.78, 5) is 37.5. The summed E-state index contributed by atoms with van der Waals surface area (Å²) in [5.41, 5.74) is 2.49. The van der Waals surface area contributed by atoms with Crippen LogP contribution in [0.25, 0.3) is 17.1 Å². The van der Waals surface area contributed by atoms with Gasteiger partial charge in [0, 0.05) is 31.3 Å². The van der Waals surface area contributed by atoms with E-state index in [1.54, 1.807) is 23.6 Å². The summed E-state index contributed by atoms with van der Waals surface area (Å²) in [6, 6.07) is 13.8. The molecule has 0 bridgehead atoms. The molecular weight excluding hydrogens is 429 g/mol. The van der Waals surface area contributed by atoms with Gasteiger partial charge in [-0.3, -0.25) is 14.5 Å². The molecule has 0 fully saturated rings. The molecule has 0 aliphatic rings. The molecule has 0 spiro atoms. The Labute approximate surface area is 187 Å². The lowest BCUT2D eigenvalue weighted by Gasteiger charge is -2.18. The molecule has 0 saturated heterocycles. The molecule has 9 heteroatoms. The molecule has 4 rings (SSSR count). The second-order valence-electron chi connectivity index (χ2n) is 6.94. The van der Waals surface area contributed by atoms with E-state index in [1.165, 1.54) is 41.4 Å².